The van der Waals surface area contributed by atoms with E-state index in [1.807, 2.05) is 45.2 Å². The first-order valence-corrected chi connectivity index (χ1v) is 12.6. The number of methoxy groups -OCH3 is 1. The normalized spacial score (nSPS) is 11.8. The van der Waals surface area contributed by atoms with Crippen LogP contribution in [0.2, 0.25) is 0 Å². The van der Waals surface area contributed by atoms with E-state index in [1.165, 1.54) is 16.8 Å². The van der Waals surface area contributed by atoms with Gasteiger partial charge in [0, 0.05) is 26.4 Å². The summed E-state index contributed by atoms with van der Waals surface area (Å²) in [5, 5.41) is 5.37. The first-order valence-electron chi connectivity index (χ1n) is 12.6. The van der Waals surface area contributed by atoms with Crippen LogP contribution < -0.4 is 4.90 Å². The number of anilines is 1. The second-order valence-electron chi connectivity index (χ2n) is 9.44. The molecular formula is C29H31F3N4O3. The van der Waals surface area contributed by atoms with Crippen molar-refractivity contribution in [2.45, 2.75) is 32.9 Å². The minimum Gasteiger partial charge on any atom is -0.461 e. The Balaban J connectivity index is 1.96. The van der Waals surface area contributed by atoms with E-state index in [0.717, 1.165) is 23.4 Å². The number of hydrogen-bond acceptors (Lipinski definition) is 6. The smallest absolute Gasteiger partial charge is 0.416 e. The number of esters is 1. The topological polar surface area (TPSA) is 69.5 Å². The van der Waals surface area contributed by atoms with E-state index in [9.17, 15) is 18.0 Å². The Morgan fingerprint density at radius 2 is 1.82 bits per heavy atom. The van der Waals surface area contributed by atoms with E-state index in [1.54, 1.807) is 20.1 Å². The monoisotopic (exact) mass is 540 g/mol. The summed E-state index contributed by atoms with van der Waals surface area (Å²) in [6.07, 6.45) is -4.52. The first kappa shape index (κ1) is 28.1. The average Bonchev–Trinajstić information content (AvgIpc) is 3.31. The lowest BCUT2D eigenvalue weighted by Gasteiger charge is -2.19. The highest BCUT2D eigenvalue weighted by Crippen LogP contribution is 2.37. The van der Waals surface area contributed by atoms with Crippen molar-refractivity contribution in [1.82, 2.24) is 14.8 Å². The van der Waals surface area contributed by atoms with E-state index in [-0.39, 0.29) is 29.6 Å². The molecule has 7 nitrogen and oxygen atoms in total. The molecule has 0 saturated carbocycles. The van der Waals surface area contributed by atoms with Gasteiger partial charge in [0.05, 0.1) is 35.5 Å². The van der Waals surface area contributed by atoms with E-state index >= 15 is 0 Å². The van der Waals surface area contributed by atoms with Crippen LogP contribution in [-0.4, -0.2) is 54.6 Å². The maximum atomic E-state index is 13.5. The number of nitrogens with zero attached hydrogens (tertiary/aromatic N) is 4. The second-order valence-corrected chi connectivity index (χ2v) is 9.44. The summed E-state index contributed by atoms with van der Waals surface area (Å²) in [4.78, 5) is 19.4. The number of likely N-dealkylation sites (N-methyl/N-ethyl adjacent to an activating group) is 1. The lowest BCUT2D eigenvalue weighted by Crippen LogP contribution is -2.21. The second kappa shape index (κ2) is 11.4. The molecule has 0 fully saturated rings. The van der Waals surface area contributed by atoms with Gasteiger partial charge in [-0.3, -0.25) is 0 Å². The molecule has 2 aromatic heterocycles. The fraction of sp³-hybridized carbons (Fsp3) is 0.345. The minimum atomic E-state index is -4.52. The lowest BCUT2D eigenvalue weighted by atomic mass is 9.97. The molecule has 0 amide bonds. The predicted molar refractivity (Wildman–Crippen MR) is 144 cm³/mol. The number of aromatic nitrogens is 3. The molecule has 2 aromatic carbocycles. The summed E-state index contributed by atoms with van der Waals surface area (Å²) in [5.74, 6) is -0.701. The third-order valence-electron chi connectivity index (χ3n) is 6.36. The summed E-state index contributed by atoms with van der Waals surface area (Å²) in [6, 6.07) is 14.4. The van der Waals surface area contributed by atoms with E-state index in [2.05, 4.69) is 9.88 Å². The van der Waals surface area contributed by atoms with Gasteiger partial charge in [-0.05, 0) is 60.4 Å². The molecule has 4 aromatic rings. The first-order chi connectivity index (χ1) is 18.5. The van der Waals surface area contributed by atoms with Gasteiger partial charge in [-0.25, -0.2) is 14.5 Å². The molecule has 4 rings (SSSR count). The van der Waals surface area contributed by atoms with Gasteiger partial charge in [-0.15, -0.1) is 0 Å². The van der Waals surface area contributed by atoms with Crippen molar-refractivity contribution in [3.05, 3.63) is 71.5 Å². The number of halogens is 3. The number of benzene rings is 2. The Hall–Kier alpha value is -3.92. The van der Waals surface area contributed by atoms with Crippen LogP contribution in [0.5, 0.6) is 0 Å². The molecule has 10 heteroatoms. The largest absolute Gasteiger partial charge is 0.461 e. The maximum Gasteiger partial charge on any atom is 0.416 e. The zero-order valence-corrected chi connectivity index (χ0v) is 22.5. The van der Waals surface area contributed by atoms with E-state index in [4.69, 9.17) is 14.6 Å². The minimum absolute atomic E-state index is 0.0454. The fourth-order valence-corrected chi connectivity index (χ4v) is 4.33. The zero-order valence-electron chi connectivity index (χ0n) is 22.5. The van der Waals surface area contributed by atoms with Crippen LogP contribution in [0.1, 0.15) is 48.4 Å². The quantitative estimate of drug-likeness (QED) is 0.226. The number of fused-ring (bicyclic) bond motifs is 1. The van der Waals surface area contributed by atoms with Crippen LogP contribution in [-0.2, 0) is 15.7 Å². The molecule has 0 saturated heterocycles. The third kappa shape index (κ3) is 5.90. The Kier molecular flexibility index (Phi) is 8.25. The Bertz CT molecular complexity index is 1460. The number of rotatable bonds is 9. The fourth-order valence-electron chi connectivity index (χ4n) is 4.33. The Morgan fingerprint density at radius 1 is 1.10 bits per heavy atom. The third-order valence-corrected chi connectivity index (χ3v) is 6.36. The Labute approximate surface area is 225 Å². The van der Waals surface area contributed by atoms with Crippen LogP contribution in [0.25, 0.3) is 27.8 Å². The van der Waals surface area contributed by atoms with Crippen LogP contribution in [0, 0.1) is 0 Å². The van der Waals surface area contributed by atoms with Crippen molar-refractivity contribution < 1.29 is 27.4 Å². The van der Waals surface area contributed by atoms with Crippen molar-refractivity contribution >= 4 is 22.7 Å². The van der Waals surface area contributed by atoms with Crippen molar-refractivity contribution in [3.63, 3.8) is 0 Å². The molecule has 0 aliphatic carbocycles. The molecule has 0 spiro atoms. The molecule has 0 aliphatic rings. The highest BCUT2D eigenvalue weighted by atomic mass is 19.4. The standard InChI is InChI=1S/C29H31F3N4O3/c1-6-39-28(37)24-17-23(19-10-12-21(13-11-19)35(4)14-15-38-5)25-26(18(2)3)34-36(27(25)33-24)22-9-7-8-20(16-22)29(30,31)32/h7-13,16-18H,6,14-15H2,1-5H3. The number of ether oxygens (including phenoxy) is 2. The zero-order chi connectivity index (χ0) is 28.3. The molecule has 0 radical (unpaired) electrons. The number of hydrogen-bond donors (Lipinski definition) is 0. The molecule has 0 unspecified atom stereocenters. The van der Waals surface area contributed by atoms with Crippen LogP contribution in [0.15, 0.2) is 54.6 Å². The Morgan fingerprint density at radius 3 is 2.44 bits per heavy atom. The van der Waals surface area contributed by atoms with E-state index < -0.39 is 17.7 Å². The van der Waals surface area contributed by atoms with Crippen molar-refractivity contribution in [1.29, 1.82) is 0 Å². The van der Waals surface area contributed by atoms with Gasteiger partial charge >= 0.3 is 12.1 Å². The lowest BCUT2D eigenvalue weighted by molar-refractivity contribution is -0.137. The molecule has 0 bridgehead atoms. The van der Waals surface area contributed by atoms with Crippen LogP contribution >= 0.6 is 0 Å². The van der Waals surface area contributed by atoms with Gasteiger partial charge in [-0.1, -0.05) is 32.0 Å². The molecule has 206 valence electrons. The van der Waals surface area contributed by atoms with Gasteiger partial charge in [-0.2, -0.15) is 18.3 Å². The van der Waals surface area contributed by atoms with Gasteiger partial charge in [0.25, 0.3) is 0 Å². The predicted octanol–water partition coefficient (Wildman–Crippen LogP) is 6.49. The van der Waals surface area contributed by atoms with Crippen molar-refractivity contribution in [2.24, 2.45) is 0 Å². The molecule has 0 atom stereocenters. The van der Waals surface area contributed by atoms with Gasteiger partial charge in [0.1, 0.15) is 0 Å². The summed E-state index contributed by atoms with van der Waals surface area (Å²) >= 11 is 0. The number of pyridine rings is 1. The summed E-state index contributed by atoms with van der Waals surface area (Å²) in [5.41, 5.74) is 2.85. The number of carbonyl (C=O) groups is 1. The molecule has 2 heterocycles. The maximum absolute atomic E-state index is 13.5. The molecule has 0 N–H and O–H groups in total. The highest BCUT2D eigenvalue weighted by molar-refractivity contribution is 6.00. The number of carbonyl (C=O) groups excluding carboxylic acids is 1. The highest BCUT2D eigenvalue weighted by Gasteiger charge is 2.31. The van der Waals surface area contributed by atoms with E-state index in [0.29, 0.717) is 29.8 Å². The molecule has 39 heavy (non-hydrogen) atoms. The number of alkyl halides is 3. The van der Waals surface area contributed by atoms with Crippen molar-refractivity contribution in [3.8, 4) is 16.8 Å². The van der Waals surface area contributed by atoms with Gasteiger partial charge in [0.15, 0.2) is 11.3 Å². The molecular weight excluding hydrogens is 509 g/mol. The van der Waals surface area contributed by atoms with Crippen LogP contribution in [0.3, 0.4) is 0 Å². The molecule has 0 aliphatic heterocycles. The van der Waals surface area contributed by atoms with Crippen molar-refractivity contribution in [2.75, 3.05) is 38.8 Å². The SMILES string of the molecule is CCOC(=O)c1cc(-c2ccc(N(C)CCOC)cc2)c2c(C(C)C)nn(-c3cccc(C(F)(F)F)c3)c2n1. The summed E-state index contributed by atoms with van der Waals surface area (Å²) < 4.78 is 52.3. The summed E-state index contributed by atoms with van der Waals surface area (Å²) in [6.45, 7) is 7.05. The summed E-state index contributed by atoms with van der Waals surface area (Å²) in [7, 11) is 3.62. The van der Waals surface area contributed by atoms with Crippen LogP contribution in [0.4, 0.5) is 18.9 Å². The van der Waals surface area contributed by atoms with Gasteiger partial charge in [0.2, 0.25) is 0 Å². The average molecular weight is 541 g/mol. The van der Waals surface area contributed by atoms with Gasteiger partial charge < -0.3 is 14.4 Å².